The minimum atomic E-state index is -0.333. The third-order valence-corrected chi connectivity index (χ3v) is 5.62. The molecular weight excluding hydrogens is 448 g/mol. The third-order valence-electron chi connectivity index (χ3n) is 4.32. The van der Waals surface area contributed by atoms with E-state index in [9.17, 15) is 9.59 Å². The molecule has 0 aliphatic carbocycles. The van der Waals surface area contributed by atoms with E-state index in [1.54, 1.807) is 24.3 Å². The Hall–Kier alpha value is -1.90. The van der Waals surface area contributed by atoms with Gasteiger partial charge in [-0.15, -0.1) is 0 Å². The van der Waals surface area contributed by atoms with Gasteiger partial charge >= 0.3 is 5.97 Å². The molecule has 1 amide bonds. The van der Waals surface area contributed by atoms with Crippen LogP contribution in [0.4, 0.5) is 5.69 Å². The first-order valence-corrected chi connectivity index (χ1v) is 10.3. The van der Waals surface area contributed by atoms with Gasteiger partial charge in [-0.2, -0.15) is 5.10 Å². The molecule has 0 saturated carbocycles. The molecule has 150 valence electrons. The van der Waals surface area contributed by atoms with Crippen LogP contribution < -0.4 is 10.6 Å². The Morgan fingerprint density at radius 3 is 2.96 bits per heavy atom. The van der Waals surface area contributed by atoms with Crippen molar-refractivity contribution in [3.05, 3.63) is 45.1 Å². The number of benzene rings is 1. The van der Waals surface area contributed by atoms with Crippen molar-refractivity contribution in [3.8, 4) is 0 Å². The lowest BCUT2D eigenvalue weighted by molar-refractivity contribution is -0.146. The lowest BCUT2D eigenvalue weighted by Gasteiger charge is -2.24. The van der Waals surface area contributed by atoms with Crippen molar-refractivity contribution in [3.63, 3.8) is 0 Å². The van der Waals surface area contributed by atoms with Crippen LogP contribution in [0.5, 0.6) is 0 Å². The van der Waals surface area contributed by atoms with Gasteiger partial charge in [0.2, 0.25) is 0 Å². The molecule has 0 unspecified atom stereocenters. The molecule has 2 heterocycles. The Morgan fingerprint density at radius 2 is 2.21 bits per heavy atom. The molecule has 1 aromatic heterocycles. The SMILES string of the molecule is CC(C)OC(=O)CN[C@H]1CCCn2nc(C(=O)Nc3cccc(Br)c3Cl)cc21. The Kier molecular flexibility index (Phi) is 6.74. The monoisotopic (exact) mass is 468 g/mol. The van der Waals surface area contributed by atoms with Crippen LogP contribution in [0.25, 0.3) is 0 Å². The van der Waals surface area contributed by atoms with Crippen molar-refractivity contribution >= 4 is 45.1 Å². The summed E-state index contributed by atoms with van der Waals surface area (Å²) in [6, 6.07) is 7.02. The van der Waals surface area contributed by atoms with Gasteiger partial charge in [0, 0.05) is 17.1 Å². The molecule has 1 atom stereocenters. The predicted molar refractivity (Wildman–Crippen MR) is 111 cm³/mol. The summed E-state index contributed by atoms with van der Waals surface area (Å²) in [6.45, 7) is 4.48. The van der Waals surface area contributed by atoms with Crippen LogP contribution in [0.1, 0.15) is 48.9 Å². The summed E-state index contributed by atoms with van der Waals surface area (Å²) in [5.74, 6) is -0.631. The van der Waals surface area contributed by atoms with Gasteiger partial charge < -0.3 is 10.1 Å². The summed E-state index contributed by atoms with van der Waals surface area (Å²) in [5.41, 5.74) is 1.71. The van der Waals surface area contributed by atoms with Crippen LogP contribution in [0.2, 0.25) is 5.02 Å². The Morgan fingerprint density at radius 1 is 1.43 bits per heavy atom. The van der Waals surface area contributed by atoms with Gasteiger partial charge in [0.15, 0.2) is 5.69 Å². The quantitative estimate of drug-likeness (QED) is 0.626. The molecule has 3 rings (SSSR count). The molecule has 1 aliphatic heterocycles. The summed E-state index contributed by atoms with van der Waals surface area (Å²) in [7, 11) is 0. The standard InChI is InChI=1S/C19H22BrClN4O3/c1-11(2)28-17(26)10-22-13-7-4-8-25-16(13)9-15(24-25)19(27)23-14-6-3-5-12(20)18(14)21/h3,5-6,9,11,13,22H,4,7-8,10H2,1-2H3,(H,23,27)/t13-/m0/s1. The van der Waals surface area contributed by atoms with Gasteiger partial charge in [0.25, 0.3) is 5.91 Å². The van der Waals surface area contributed by atoms with Gasteiger partial charge in [0.1, 0.15) is 0 Å². The number of hydrogen-bond acceptors (Lipinski definition) is 5. The smallest absolute Gasteiger partial charge is 0.320 e. The maximum Gasteiger partial charge on any atom is 0.320 e. The van der Waals surface area contributed by atoms with E-state index < -0.39 is 0 Å². The largest absolute Gasteiger partial charge is 0.462 e. The number of carbonyl (C=O) groups excluding carboxylic acids is 2. The molecule has 1 aliphatic rings. The number of amides is 1. The Labute approximate surface area is 176 Å². The number of fused-ring (bicyclic) bond motifs is 1. The van der Waals surface area contributed by atoms with Crippen molar-refractivity contribution in [2.24, 2.45) is 0 Å². The highest BCUT2D eigenvalue weighted by Crippen LogP contribution is 2.30. The number of nitrogens with zero attached hydrogens (tertiary/aromatic N) is 2. The maximum atomic E-state index is 12.6. The van der Waals surface area contributed by atoms with Crippen molar-refractivity contribution in [1.29, 1.82) is 0 Å². The first-order chi connectivity index (χ1) is 13.3. The molecule has 0 fully saturated rings. The fourth-order valence-electron chi connectivity index (χ4n) is 3.10. The van der Waals surface area contributed by atoms with Crippen LogP contribution in [0, 0.1) is 0 Å². The Bertz CT molecular complexity index is 884. The zero-order valence-corrected chi connectivity index (χ0v) is 18.0. The first-order valence-electron chi connectivity index (χ1n) is 9.11. The summed E-state index contributed by atoms with van der Waals surface area (Å²) < 4.78 is 7.67. The van der Waals surface area contributed by atoms with Crippen LogP contribution in [-0.4, -0.2) is 34.3 Å². The zero-order chi connectivity index (χ0) is 20.3. The van der Waals surface area contributed by atoms with Crippen LogP contribution in [0.15, 0.2) is 28.7 Å². The Balaban J connectivity index is 1.70. The fourth-order valence-corrected chi connectivity index (χ4v) is 3.64. The van der Waals surface area contributed by atoms with Crippen LogP contribution >= 0.6 is 27.5 Å². The highest BCUT2D eigenvalue weighted by Gasteiger charge is 2.25. The van der Waals surface area contributed by atoms with E-state index in [2.05, 4.69) is 31.7 Å². The summed E-state index contributed by atoms with van der Waals surface area (Å²) in [5, 5.41) is 10.9. The van der Waals surface area contributed by atoms with Gasteiger partial charge in [-0.1, -0.05) is 17.7 Å². The molecule has 2 aromatic rings. The van der Waals surface area contributed by atoms with E-state index in [1.807, 2.05) is 18.5 Å². The fraction of sp³-hybridized carbons (Fsp3) is 0.421. The van der Waals surface area contributed by atoms with E-state index in [-0.39, 0.29) is 30.6 Å². The van der Waals surface area contributed by atoms with E-state index in [1.165, 1.54) is 0 Å². The number of rotatable bonds is 6. The second-order valence-corrected chi connectivity index (χ2v) is 8.08. The third kappa shape index (κ3) is 4.92. The number of hydrogen-bond donors (Lipinski definition) is 2. The molecule has 0 saturated heterocycles. The number of halogens is 2. The minimum Gasteiger partial charge on any atom is -0.462 e. The van der Waals surface area contributed by atoms with Gasteiger partial charge in [-0.3, -0.25) is 19.6 Å². The molecule has 2 N–H and O–H groups in total. The number of nitrogens with one attached hydrogen (secondary N) is 2. The van der Waals surface area contributed by atoms with E-state index >= 15 is 0 Å². The molecule has 0 spiro atoms. The zero-order valence-electron chi connectivity index (χ0n) is 15.7. The molecule has 9 heteroatoms. The van der Waals surface area contributed by atoms with E-state index in [0.717, 1.165) is 25.1 Å². The molecule has 28 heavy (non-hydrogen) atoms. The number of carbonyl (C=O) groups is 2. The number of esters is 1. The average molecular weight is 470 g/mol. The summed E-state index contributed by atoms with van der Waals surface area (Å²) >= 11 is 9.56. The van der Waals surface area contributed by atoms with Crippen LogP contribution in [0.3, 0.4) is 0 Å². The number of aryl methyl sites for hydroxylation is 1. The number of ether oxygens (including phenoxy) is 1. The maximum absolute atomic E-state index is 12.6. The minimum absolute atomic E-state index is 0.0584. The van der Waals surface area contributed by atoms with E-state index in [0.29, 0.717) is 20.9 Å². The van der Waals surface area contributed by atoms with Crippen LogP contribution in [-0.2, 0) is 16.1 Å². The second kappa shape index (κ2) is 9.07. The van der Waals surface area contributed by atoms with Crippen molar-refractivity contribution in [2.45, 2.75) is 45.4 Å². The predicted octanol–water partition coefficient (Wildman–Crippen LogP) is 3.93. The molecular formula is C19H22BrClN4O3. The lowest BCUT2D eigenvalue weighted by Crippen LogP contribution is -2.33. The van der Waals surface area contributed by atoms with Crippen molar-refractivity contribution in [1.82, 2.24) is 15.1 Å². The second-order valence-electron chi connectivity index (χ2n) is 6.85. The highest BCUT2D eigenvalue weighted by atomic mass is 79.9. The number of anilines is 1. The molecule has 0 radical (unpaired) electrons. The van der Waals surface area contributed by atoms with Gasteiger partial charge in [-0.05, 0) is 60.8 Å². The number of aromatic nitrogens is 2. The molecule has 1 aromatic carbocycles. The molecule has 0 bridgehead atoms. The lowest BCUT2D eigenvalue weighted by atomic mass is 10.0. The molecule has 7 nitrogen and oxygen atoms in total. The van der Waals surface area contributed by atoms with E-state index in [4.69, 9.17) is 16.3 Å². The topological polar surface area (TPSA) is 85.2 Å². The average Bonchev–Trinajstić information content (AvgIpc) is 3.08. The highest BCUT2D eigenvalue weighted by molar-refractivity contribution is 9.10. The summed E-state index contributed by atoms with van der Waals surface area (Å²) in [6.07, 6.45) is 1.62. The first kappa shape index (κ1) is 20.8. The van der Waals surface area contributed by atoms with Gasteiger partial charge in [-0.25, -0.2) is 0 Å². The van der Waals surface area contributed by atoms with Crippen molar-refractivity contribution in [2.75, 3.05) is 11.9 Å². The van der Waals surface area contributed by atoms with Crippen molar-refractivity contribution < 1.29 is 14.3 Å². The van der Waals surface area contributed by atoms with Gasteiger partial charge in [0.05, 0.1) is 29.1 Å². The normalized spacial score (nSPS) is 16.0. The summed E-state index contributed by atoms with van der Waals surface area (Å²) in [4.78, 5) is 24.4.